The van der Waals surface area contributed by atoms with Gasteiger partial charge in [0.2, 0.25) is 0 Å². The maximum Gasteiger partial charge on any atom is 0.421 e. The highest BCUT2D eigenvalue weighted by Gasteiger charge is 2.17. The van der Waals surface area contributed by atoms with E-state index in [2.05, 4.69) is 68.0 Å². The number of nitrogens with zero attached hydrogens (tertiary/aromatic N) is 5. The van der Waals surface area contributed by atoms with E-state index >= 15 is 0 Å². The zero-order valence-corrected chi connectivity index (χ0v) is 26.1. The van der Waals surface area contributed by atoms with Crippen LogP contribution in [0.1, 0.15) is 65.2 Å². The normalized spacial score (nSPS) is 11.1. The minimum Gasteiger partial charge on any atom is -1.00 e. The molecule has 1 aromatic carbocycles. The van der Waals surface area contributed by atoms with E-state index in [1.165, 1.54) is 25.7 Å². The zero-order chi connectivity index (χ0) is 27.6. The predicted octanol–water partition coefficient (Wildman–Crippen LogP) is 1.56. The first kappa shape index (κ1) is 35.3. The second-order valence-electron chi connectivity index (χ2n) is 10.1. The Bertz CT molecular complexity index is 871. The Labute approximate surface area is 247 Å². The van der Waals surface area contributed by atoms with Gasteiger partial charge in [-0.05, 0) is 76.7 Å². The van der Waals surface area contributed by atoms with Crippen molar-refractivity contribution in [3.05, 3.63) is 36.7 Å². The summed E-state index contributed by atoms with van der Waals surface area (Å²) in [6, 6.07) is 8.27. The first-order valence-electron chi connectivity index (χ1n) is 14.6. The van der Waals surface area contributed by atoms with Crippen LogP contribution in [-0.4, -0.2) is 54.9 Å². The van der Waals surface area contributed by atoms with Crippen LogP contribution in [0.5, 0.6) is 0 Å². The molecule has 0 atom stereocenters. The lowest BCUT2D eigenvalue weighted by atomic mass is 9.89. The topological polar surface area (TPSA) is 101 Å². The van der Waals surface area contributed by atoms with Gasteiger partial charge < -0.3 is 42.4 Å². The minimum atomic E-state index is -0.499. The number of nitrogens with one attached hydrogen (secondary N) is 2. The lowest BCUT2D eigenvalue weighted by Crippen LogP contribution is -3.00. The highest BCUT2D eigenvalue weighted by Crippen LogP contribution is 2.22. The summed E-state index contributed by atoms with van der Waals surface area (Å²) in [6.45, 7) is 13.1. The predicted molar refractivity (Wildman–Crippen MR) is 159 cm³/mol. The third-order valence-electron chi connectivity index (χ3n) is 6.50. The number of rotatable bonds is 21. The van der Waals surface area contributed by atoms with Gasteiger partial charge in [0.15, 0.2) is 0 Å². The zero-order valence-electron chi connectivity index (χ0n) is 24.5. The number of benzene rings is 1. The summed E-state index contributed by atoms with van der Waals surface area (Å²) in [7, 11) is -0.997. The molecule has 39 heavy (non-hydrogen) atoms. The third-order valence-corrected chi connectivity index (χ3v) is 6.50. The summed E-state index contributed by atoms with van der Waals surface area (Å²) < 4.78 is 4.45. The summed E-state index contributed by atoms with van der Waals surface area (Å²) in [5.74, 6) is 0.916. The molecular weight excluding hydrogens is 556 g/mol. The molecule has 1 heterocycles. The van der Waals surface area contributed by atoms with Gasteiger partial charge in [0.05, 0.1) is 25.5 Å². The number of aromatic nitrogens is 2. The van der Waals surface area contributed by atoms with Gasteiger partial charge in [-0.3, -0.25) is 0 Å². The van der Waals surface area contributed by atoms with Gasteiger partial charge in [0, 0.05) is 23.9 Å². The van der Waals surface area contributed by atoms with E-state index in [1.54, 1.807) is 13.6 Å². The van der Waals surface area contributed by atoms with Crippen molar-refractivity contribution in [3.8, 4) is 0 Å². The molecule has 4 N–H and O–H groups in total. The quantitative estimate of drug-likeness (QED) is 0.0749. The molecule has 2 rings (SSSR count). The second-order valence-corrected chi connectivity index (χ2v) is 10.1. The number of hydrogen-bond acceptors (Lipinski definition) is 7. The molecule has 0 fully saturated rings. The first-order valence-corrected chi connectivity index (χ1v) is 14.6. The Balaban J connectivity index is 0.00000760. The molecule has 0 spiro atoms. The number of unbranched alkanes of at least 4 members (excludes halogenated alkanes) is 4. The number of halogens is 1. The molecule has 0 aliphatic rings. The van der Waals surface area contributed by atoms with Gasteiger partial charge in [-0.25, -0.2) is 9.13 Å². The maximum atomic E-state index is 9.47. The number of imidazole rings is 1. The number of hydrogen-bond donors (Lipinski definition) is 4. The average molecular weight is 606 g/mol. The van der Waals surface area contributed by atoms with Crippen LogP contribution in [0.3, 0.4) is 0 Å². The highest BCUT2D eigenvalue weighted by atomic mass is 79.9. The lowest BCUT2D eigenvalue weighted by Gasteiger charge is -2.25. The van der Waals surface area contributed by atoms with E-state index in [9.17, 15) is 10.0 Å². The van der Waals surface area contributed by atoms with Crippen LogP contribution in [0.2, 0.25) is 13.6 Å². The monoisotopic (exact) mass is 605 g/mol. The molecule has 0 saturated heterocycles. The fourth-order valence-corrected chi connectivity index (χ4v) is 4.35. The van der Waals surface area contributed by atoms with Crippen molar-refractivity contribution in [2.24, 2.45) is 10.2 Å². The molecule has 0 saturated carbocycles. The van der Waals surface area contributed by atoms with Crippen molar-refractivity contribution in [2.75, 3.05) is 31.1 Å². The molecule has 0 radical (unpaired) electrons. The molecule has 0 unspecified atom stereocenters. The molecule has 9 nitrogen and oxygen atoms in total. The largest absolute Gasteiger partial charge is 1.00 e. The SMILES string of the molecule is CCCCCn1cc[n+](CCCCC)c1N=Nc1ccc(N(CCCNB(C)O)CCCNB(C)O)cc1.[Br-]. The van der Waals surface area contributed by atoms with Crippen molar-refractivity contribution in [3.63, 3.8) is 0 Å². The van der Waals surface area contributed by atoms with Crippen LogP contribution in [0.15, 0.2) is 46.9 Å². The number of aryl methyl sites for hydroxylation is 2. The van der Waals surface area contributed by atoms with E-state index in [0.717, 1.165) is 82.3 Å². The summed E-state index contributed by atoms with van der Waals surface area (Å²) >= 11 is 0. The molecule has 0 amide bonds. The summed E-state index contributed by atoms with van der Waals surface area (Å²) in [5.41, 5.74) is 1.97. The molecule has 1 aromatic heterocycles. The Kier molecular flexibility index (Phi) is 19.1. The van der Waals surface area contributed by atoms with Gasteiger partial charge in [-0.2, -0.15) is 0 Å². The van der Waals surface area contributed by atoms with Crippen LogP contribution < -0.4 is 36.9 Å². The molecule has 0 aliphatic heterocycles. The molecule has 12 heteroatoms. The van der Waals surface area contributed by atoms with E-state index < -0.39 is 14.1 Å². The summed E-state index contributed by atoms with van der Waals surface area (Å²) in [5, 5.41) is 34.4. The average Bonchev–Trinajstić information content (AvgIpc) is 3.28. The van der Waals surface area contributed by atoms with Crippen molar-refractivity contribution < 1.29 is 31.6 Å². The van der Waals surface area contributed by atoms with Gasteiger partial charge >= 0.3 is 20.0 Å². The highest BCUT2D eigenvalue weighted by molar-refractivity contribution is 6.45. The van der Waals surface area contributed by atoms with Gasteiger partial charge in [0.1, 0.15) is 5.69 Å². The van der Waals surface area contributed by atoms with E-state index in [0.29, 0.717) is 0 Å². The van der Waals surface area contributed by atoms with Crippen LogP contribution in [0, 0.1) is 0 Å². The summed E-state index contributed by atoms with van der Waals surface area (Å²) in [6.07, 6.45) is 13.2. The fourth-order valence-electron chi connectivity index (χ4n) is 4.35. The van der Waals surface area contributed by atoms with E-state index in [4.69, 9.17) is 5.11 Å². The van der Waals surface area contributed by atoms with Gasteiger partial charge in [0.25, 0.3) is 0 Å². The number of azo groups is 1. The maximum absolute atomic E-state index is 9.47. The Morgan fingerprint density at radius 2 is 1.44 bits per heavy atom. The first-order chi connectivity index (χ1) is 18.4. The third kappa shape index (κ3) is 14.5. The van der Waals surface area contributed by atoms with E-state index in [1.807, 2.05) is 12.1 Å². The van der Waals surface area contributed by atoms with Gasteiger partial charge in [-0.15, -0.1) is 0 Å². The van der Waals surface area contributed by atoms with Crippen LogP contribution >= 0.6 is 0 Å². The Hall–Kier alpha value is -1.72. The lowest BCUT2D eigenvalue weighted by molar-refractivity contribution is -0.684. The van der Waals surface area contributed by atoms with Crippen molar-refractivity contribution in [1.29, 1.82) is 0 Å². The van der Waals surface area contributed by atoms with Crippen LogP contribution in [0.4, 0.5) is 17.3 Å². The van der Waals surface area contributed by atoms with Crippen molar-refractivity contribution in [1.82, 2.24) is 15.0 Å². The van der Waals surface area contributed by atoms with E-state index in [-0.39, 0.29) is 17.0 Å². The molecule has 0 aliphatic carbocycles. The molecule has 0 bridgehead atoms. The van der Waals surface area contributed by atoms with Gasteiger partial charge in [-0.1, -0.05) is 44.6 Å². The van der Waals surface area contributed by atoms with Crippen LogP contribution in [0.25, 0.3) is 0 Å². The summed E-state index contributed by atoms with van der Waals surface area (Å²) in [4.78, 5) is 2.34. The fraction of sp³-hybridized carbons (Fsp3) is 0.667. The van der Waals surface area contributed by atoms with Crippen LogP contribution in [-0.2, 0) is 13.1 Å². The Morgan fingerprint density at radius 3 is 2.00 bits per heavy atom. The standard InChI is InChI=1S/C27H50B2N7O2.BrH/c1-5-7-9-19-35-23-24-36(20-10-8-6-2)27(35)33-32-25-13-15-26(16-14-25)34(21-11-17-30-28(3)37)22-12-18-31-29(4)38;/h13-16,23-24,30-31,37-38H,5-12,17-22H2,1-4H3;1H/q+1;/p-1. The molecule has 2 aromatic rings. The number of anilines is 1. The van der Waals surface area contributed by atoms with Crippen molar-refractivity contribution >= 4 is 31.4 Å². The Morgan fingerprint density at radius 1 is 0.846 bits per heavy atom. The smallest absolute Gasteiger partial charge is 0.421 e. The molecular formula is C27H50B2BrN7O2. The molecule has 218 valence electrons. The second kappa shape index (κ2) is 21.1. The van der Waals surface area contributed by atoms with Crippen molar-refractivity contribution in [2.45, 2.75) is 91.9 Å². The minimum absolute atomic E-state index is 0.